The number of hydrogen-bond donors (Lipinski definition) is 0. The predicted octanol–water partition coefficient (Wildman–Crippen LogP) is 5.83. The molecule has 2 aliphatic rings. The van der Waals surface area contributed by atoms with Gasteiger partial charge in [0.25, 0.3) is 0 Å². The van der Waals surface area contributed by atoms with Crippen molar-refractivity contribution in [3.8, 4) is 22.6 Å². The Kier molecular flexibility index (Phi) is 5.63. The van der Waals surface area contributed by atoms with Crippen molar-refractivity contribution >= 4 is 17.6 Å². The summed E-state index contributed by atoms with van der Waals surface area (Å²) in [6, 6.07) is 20.4. The molecule has 1 saturated carbocycles. The molecule has 0 N–H and O–H groups in total. The Morgan fingerprint density at radius 1 is 0.938 bits per heavy atom. The lowest BCUT2D eigenvalue weighted by molar-refractivity contribution is 0.414. The third-order valence-electron chi connectivity index (χ3n) is 6.23. The van der Waals surface area contributed by atoms with E-state index in [0.717, 1.165) is 41.4 Å². The fourth-order valence-corrected chi connectivity index (χ4v) is 4.55. The van der Waals surface area contributed by atoms with Gasteiger partial charge in [-0.1, -0.05) is 24.3 Å². The molecule has 1 atom stereocenters. The standard InChI is InChI=1S/C27H27N3O2/c1-31-23-12-8-19(9-13-23)17-21-5-3-6-22-18-30(29-26(21)22)27-25(7-4-16-28-27)20-10-14-24(32-2)15-11-20/h4,7-17,22H,3,5-6,18H2,1-2H3/b21-17+. The van der Waals surface area contributed by atoms with Crippen LogP contribution in [0.5, 0.6) is 11.5 Å². The van der Waals surface area contributed by atoms with E-state index in [0.29, 0.717) is 5.92 Å². The molecule has 2 heterocycles. The third kappa shape index (κ3) is 3.98. The molecule has 1 fully saturated rings. The van der Waals surface area contributed by atoms with Gasteiger partial charge in [-0.05, 0) is 78.4 Å². The van der Waals surface area contributed by atoms with E-state index in [1.807, 2.05) is 36.5 Å². The number of anilines is 1. The van der Waals surface area contributed by atoms with Crippen LogP contribution in [0.15, 0.2) is 77.5 Å². The molecule has 1 aliphatic heterocycles. The summed E-state index contributed by atoms with van der Waals surface area (Å²) in [5, 5.41) is 7.17. The van der Waals surface area contributed by atoms with E-state index in [2.05, 4.69) is 41.4 Å². The Morgan fingerprint density at radius 3 is 2.38 bits per heavy atom. The molecule has 1 aromatic heterocycles. The fraction of sp³-hybridized carbons (Fsp3) is 0.259. The number of ether oxygens (including phenoxy) is 2. The third-order valence-corrected chi connectivity index (χ3v) is 6.23. The van der Waals surface area contributed by atoms with Crippen LogP contribution in [-0.4, -0.2) is 31.5 Å². The lowest BCUT2D eigenvalue weighted by Crippen LogP contribution is -2.23. The highest BCUT2D eigenvalue weighted by Crippen LogP contribution is 2.37. The Hall–Kier alpha value is -3.60. The van der Waals surface area contributed by atoms with Crippen molar-refractivity contribution in [2.24, 2.45) is 11.0 Å². The number of benzene rings is 2. The molecule has 0 saturated heterocycles. The number of allylic oxidation sites excluding steroid dienone is 1. The van der Waals surface area contributed by atoms with Crippen molar-refractivity contribution < 1.29 is 9.47 Å². The van der Waals surface area contributed by atoms with Crippen LogP contribution in [0.2, 0.25) is 0 Å². The van der Waals surface area contributed by atoms with Gasteiger partial charge >= 0.3 is 0 Å². The highest BCUT2D eigenvalue weighted by Gasteiger charge is 2.33. The van der Waals surface area contributed by atoms with E-state index in [4.69, 9.17) is 19.6 Å². The maximum absolute atomic E-state index is 5.31. The van der Waals surface area contributed by atoms with E-state index in [-0.39, 0.29) is 0 Å². The zero-order valence-corrected chi connectivity index (χ0v) is 18.5. The quantitative estimate of drug-likeness (QED) is 0.516. The van der Waals surface area contributed by atoms with Crippen LogP contribution in [0.3, 0.4) is 0 Å². The van der Waals surface area contributed by atoms with E-state index in [9.17, 15) is 0 Å². The second-order valence-electron chi connectivity index (χ2n) is 8.20. The Balaban J connectivity index is 1.47. The number of pyridine rings is 1. The maximum Gasteiger partial charge on any atom is 0.156 e. The molecule has 2 aromatic carbocycles. The highest BCUT2D eigenvalue weighted by molar-refractivity contribution is 6.08. The monoisotopic (exact) mass is 425 g/mol. The number of hydrazone groups is 1. The average molecular weight is 426 g/mol. The molecule has 32 heavy (non-hydrogen) atoms. The van der Waals surface area contributed by atoms with Gasteiger partial charge in [-0.15, -0.1) is 0 Å². The second kappa shape index (κ2) is 8.87. The lowest BCUT2D eigenvalue weighted by Gasteiger charge is -2.21. The number of methoxy groups -OCH3 is 2. The number of aromatic nitrogens is 1. The van der Waals surface area contributed by atoms with Crippen molar-refractivity contribution in [3.63, 3.8) is 0 Å². The van der Waals surface area contributed by atoms with Gasteiger partial charge in [0.2, 0.25) is 0 Å². The predicted molar refractivity (Wildman–Crippen MR) is 129 cm³/mol. The van der Waals surface area contributed by atoms with Gasteiger partial charge in [-0.3, -0.25) is 0 Å². The molecule has 3 aromatic rings. The van der Waals surface area contributed by atoms with Gasteiger partial charge in [-0.2, -0.15) is 5.10 Å². The second-order valence-corrected chi connectivity index (χ2v) is 8.20. The van der Waals surface area contributed by atoms with E-state index in [1.165, 1.54) is 29.7 Å². The summed E-state index contributed by atoms with van der Waals surface area (Å²) in [5.74, 6) is 3.07. The van der Waals surface area contributed by atoms with Crippen molar-refractivity contribution in [2.45, 2.75) is 19.3 Å². The molecule has 5 nitrogen and oxygen atoms in total. The molecule has 5 heteroatoms. The Labute approximate surface area is 189 Å². The summed E-state index contributed by atoms with van der Waals surface area (Å²) in [7, 11) is 3.38. The number of rotatable bonds is 5. The first-order valence-corrected chi connectivity index (χ1v) is 11.1. The zero-order valence-electron chi connectivity index (χ0n) is 18.5. The minimum absolute atomic E-state index is 0.443. The van der Waals surface area contributed by atoms with Crippen LogP contribution >= 0.6 is 0 Å². The first kappa shape index (κ1) is 20.3. The molecule has 0 radical (unpaired) electrons. The molecule has 5 rings (SSSR count). The first-order chi connectivity index (χ1) is 15.7. The zero-order chi connectivity index (χ0) is 21.9. The average Bonchev–Trinajstić information content (AvgIpc) is 3.30. The normalized spacial score (nSPS) is 18.9. The lowest BCUT2D eigenvalue weighted by atomic mass is 9.83. The first-order valence-electron chi connectivity index (χ1n) is 11.1. The summed E-state index contributed by atoms with van der Waals surface area (Å²) < 4.78 is 10.6. The van der Waals surface area contributed by atoms with Crippen LogP contribution in [0.25, 0.3) is 17.2 Å². The molecule has 1 unspecified atom stereocenters. The largest absolute Gasteiger partial charge is 0.497 e. The van der Waals surface area contributed by atoms with Crippen LogP contribution in [-0.2, 0) is 0 Å². The van der Waals surface area contributed by atoms with Crippen molar-refractivity contribution in [2.75, 3.05) is 25.8 Å². The van der Waals surface area contributed by atoms with E-state index < -0.39 is 0 Å². The van der Waals surface area contributed by atoms with Gasteiger partial charge in [0.05, 0.1) is 26.5 Å². The molecule has 0 bridgehead atoms. The topological polar surface area (TPSA) is 47.0 Å². The van der Waals surface area contributed by atoms with Crippen LogP contribution < -0.4 is 14.5 Å². The van der Waals surface area contributed by atoms with Gasteiger partial charge in [0.1, 0.15) is 11.5 Å². The number of fused-ring (bicyclic) bond motifs is 1. The summed E-state index contributed by atoms with van der Waals surface area (Å²) >= 11 is 0. The minimum Gasteiger partial charge on any atom is -0.497 e. The Bertz CT molecular complexity index is 1150. The molecular formula is C27H27N3O2. The summed E-state index contributed by atoms with van der Waals surface area (Å²) in [6.45, 7) is 0.870. The molecule has 0 spiro atoms. The molecular weight excluding hydrogens is 398 g/mol. The summed E-state index contributed by atoms with van der Waals surface area (Å²) in [4.78, 5) is 4.72. The van der Waals surface area contributed by atoms with Crippen LogP contribution in [0.4, 0.5) is 5.82 Å². The molecule has 162 valence electrons. The molecule has 0 amide bonds. The van der Waals surface area contributed by atoms with Gasteiger partial charge in [0.15, 0.2) is 5.82 Å². The van der Waals surface area contributed by atoms with Crippen molar-refractivity contribution in [1.82, 2.24) is 4.98 Å². The Morgan fingerprint density at radius 2 is 1.66 bits per heavy atom. The van der Waals surface area contributed by atoms with Gasteiger partial charge in [0, 0.05) is 17.7 Å². The SMILES string of the molecule is COc1ccc(/C=C2\CCCC3CN(c4ncccc4-c4ccc(OC)cc4)N=C23)cc1. The number of nitrogens with zero attached hydrogens (tertiary/aromatic N) is 3. The van der Waals surface area contributed by atoms with Crippen LogP contribution in [0.1, 0.15) is 24.8 Å². The van der Waals surface area contributed by atoms with Crippen molar-refractivity contribution in [3.05, 3.63) is 78.0 Å². The van der Waals surface area contributed by atoms with Crippen molar-refractivity contribution in [1.29, 1.82) is 0 Å². The fourth-order valence-electron chi connectivity index (χ4n) is 4.55. The maximum atomic E-state index is 5.31. The highest BCUT2D eigenvalue weighted by atomic mass is 16.5. The molecule has 1 aliphatic carbocycles. The summed E-state index contributed by atoms with van der Waals surface area (Å²) in [6.07, 6.45) is 7.53. The van der Waals surface area contributed by atoms with E-state index >= 15 is 0 Å². The minimum atomic E-state index is 0.443. The summed E-state index contributed by atoms with van der Waals surface area (Å²) in [5.41, 5.74) is 5.91. The van der Waals surface area contributed by atoms with Gasteiger partial charge in [-0.25, -0.2) is 9.99 Å². The van der Waals surface area contributed by atoms with Gasteiger partial charge < -0.3 is 9.47 Å². The number of hydrogen-bond acceptors (Lipinski definition) is 5. The van der Waals surface area contributed by atoms with E-state index in [1.54, 1.807) is 14.2 Å². The smallest absolute Gasteiger partial charge is 0.156 e. The van der Waals surface area contributed by atoms with Crippen LogP contribution in [0, 0.1) is 5.92 Å².